The molecule has 21 heavy (non-hydrogen) atoms. The molecule has 1 atom stereocenters. The van der Waals surface area contributed by atoms with Crippen molar-refractivity contribution in [2.45, 2.75) is 18.6 Å². The zero-order chi connectivity index (χ0) is 15.7. The molecule has 110 valence electrons. The molecule has 1 aliphatic heterocycles. The van der Waals surface area contributed by atoms with Gasteiger partial charge in [-0.2, -0.15) is 13.2 Å². The molecule has 1 aliphatic rings. The average molecular weight is 315 g/mol. The molecule has 7 heteroatoms. The Morgan fingerprint density at radius 1 is 1.38 bits per heavy atom. The first-order valence-electron chi connectivity index (χ1n) is 5.90. The fraction of sp³-hybridized carbons (Fsp3) is 0.214. The summed E-state index contributed by atoms with van der Waals surface area (Å²) in [6.07, 6.45) is -2.04. The molecule has 3 nitrogen and oxygen atoms in total. The van der Waals surface area contributed by atoms with E-state index in [2.05, 4.69) is 17.2 Å². The second-order valence-corrected chi connectivity index (χ2v) is 4.72. The summed E-state index contributed by atoms with van der Waals surface area (Å²) < 4.78 is 40.8. The van der Waals surface area contributed by atoms with E-state index < -0.39 is 17.7 Å². The number of rotatable bonds is 0. The largest absolute Gasteiger partial charge is 0.427 e. The summed E-state index contributed by atoms with van der Waals surface area (Å²) in [6.45, 7) is 1.63. The van der Waals surface area contributed by atoms with E-state index in [1.54, 1.807) is 6.92 Å². The minimum atomic E-state index is -4.81. The van der Waals surface area contributed by atoms with Crippen LogP contribution in [-0.2, 0) is 5.54 Å². The number of halogens is 4. The third-order valence-corrected chi connectivity index (χ3v) is 3.10. The van der Waals surface area contributed by atoms with E-state index in [4.69, 9.17) is 11.6 Å². The maximum Gasteiger partial charge on any atom is 0.427 e. The zero-order valence-corrected chi connectivity index (χ0v) is 11.6. The van der Waals surface area contributed by atoms with Crippen LogP contribution in [0, 0.1) is 11.8 Å². The quantitative estimate of drug-likeness (QED) is 0.702. The fourth-order valence-electron chi connectivity index (χ4n) is 1.95. The van der Waals surface area contributed by atoms with Gasteiger partial charge >= 0.3 is 12.2 Å². The third kappa shape index (κ3) is 2.69. The first-order valence-corrected chi connectivity index (χ1v) is 6.28. The van der Waals surface area contributed by atoms with Crippen LogP contribution < -0.4 is 10.6 Å². The molecule has 2 N–H and O–H groups in total. The molecular weight excluding hydrogens is 305 g/mol. The number of carbonyl (C=O) groups excluding carboxylic acids is 1. The highest BCUT2D eigenvalue weighted by Crippen LogP contribution is 2.44. The van der Waals surface area contributed by atoms with Crippen LogP contribution in [0.1, 0.15) is 12.5 Å². The summed E-state index contributed by atoms with van der Waals surface area (Å²) in [4.78, 5) is 11.6. The summed E-state index contributed by atoms with van der Waals surface area (Å²) in [5, 5.41) is 4.30. The van der Waals surface area contributed by atoms with Gasteiger partial charge in [0.25, 0.3) is 0 Å². The maximum atomic E-state index is 13.6. The predicted octanol–water partition coefficient (Wildman–Crippen LogP) is 3.81. The van der Waals surface area contributed by atoms with Crippen molar-refractivity contribution >= 4 is 23.3 Å². The maximum absolute atomic E-state index is 13.6. The van der Waals surface area contributed by atoms with Crippen LogP contribution in [0.15, 0.2) is 30.4 Å². The molecule has 2 amide bonds. The minimum Gasteiger partial charge on any atom is -0.310 e. The van der Waals surface area contributed by atoms with Gasteiger partial charge in [0, 0.05) is 16.3 Å². The van der Waals surface area contributed by atoms with Crippen LogP contribution in [0.25, 0.3) is 0 Å². The molecule has 2 rings (SSSR count). The van der Waals surface area contributed by atoms with Crippen molar-refractivity contribution in [3.8, 4) is 11.8 Å². The molecular formula is C14H10ClF3N2O. The Labute approximate surface area is 124 Å². The van der Waals surface area contributed by atoms with Crippen LogP contribution in [-0.4, -0.2) is 12.2 Å². The molecule has 0 unspecified atom stereocenters. The van der Waals surface area contributed by atoms with Crippen molar-refractivity contribution in [3.05, 3.63) is 40.9 Å². The number of amides is 2. The summed E-state index contributed by atoms with van der Waals surface area (Å²) in [7, 11) is 0. The molecule has 1 heterocycles. The van der Waals surface area contributed by atoms with Gasteiger partial charge < -0.3 is 10.6 Å². The number of hydrogen-bond donors (Lipinski definition) is 2. The number of benzene rings is 1. The summed E-state index contributed by atoms with van der Waals surface area (Å²) in [6, 6.07) is 2.87. The smallest absolute Gasteiger partial charge is 0.310 e. The lowest BCUT2D eigenvalue weighted by atomic mass is 9.86. The summed E-state index contributed by atoms with van der Waals surface area (Å²) >= 11 is 5.78. The second kappa shape index (κ2) is 5.34. The van der Waals surface area contributed by atoms with Gasteiger partial charge in [-0.3, -0.25) is 0 Å². The number of hydrogen-bond acceptors (Lipinski definition) is 1. The number of carbonyl (C=O) groups is 1. The SMILES string of the molecule is C/C=C/C#C[C@]1(C(F)(F)F)NC(=O)Nc2ccc(Cl)cc21. The molecule has 0 radical (unpaired) electrons. The first kappa shape index (κ1) is 15.3. The van der Waals surface area contributed by atoms with Gasteiger partial charge in [0.15, 0.2) is 0 Å². The lowest BCUT2D eigenvalue weighted by molar-refractivity contribution is -0.178. The van der Waals surface area contributed by atoms with E-state index in [9.17, 15) is 18.0 Å². The average Bonchev–Trinajstić information content (AvgIpc) is 2.38. The van der Waals surface area contributed by atoms with Crippen molar-refractivity contribution in [2.75, 3.05) is 5.32 Å². The molecule has 0 spiro atoms. The van der Waals surface area contributed by atoms with Gasteiger partial charge in [-0.1, -0.05) is 29.5 Å². The zero-order valence-electron chi connectivity index (χ0n) is 10.8. The van der Waals surface area contributed by atoms with Gasteiger partial charge in [-0.25, -0.2) is 4.79 Å². The number of nitrogens with one attached hydrogen (secondary N) is 2. The normalized spacial score (nSPS) is 21.1. The van der Waals surface area contributed by atoms with E-state index >= 15 is 0 Å². The Morgan fingerprint density at radius 2 is 2.10 bits per heavy atom. The molecule has 0 aromatic heterocycles. The highest BCUT2D eigenvalue weighted by molar-refractivity contribution is 6.30. The van der Waals surface area contributed by atoms with Gasteiger partial charge in [-0.15, -0.1) is 0 Å². The van der Waals surface area contributed by atoms with Crippen molar-refractivity contribution in [3.63, 3.8) is 0 Å². The first-order chi connectivity index (χ1) is 9.80. The van der Waals surface area contributed by atoms with Crippen LogP contribution in [0.4, 0.5) is 23.7 Å². The monoisotopic (exact) mass is 314 g/mol. The van der Waals surface area contributed by atoms with E-state index in [0.29, 0.717) is 0 Å². The van der Waals surface area contributed by atoms with Gasteiger partial charge in [0.05, 0.1) is 0 Å². The molecule has 0 saturated carbocycles. The van der Waals surface area contributed by atoms with E-state index in [1.165, 1.54) is 24.3 Å². The Bertz CT molecular complexity index is 673. The summed E-state index contributed by atoms with van der Waals surface area (Å²) in [5.41, 5.74) is -3.01. The van der Waals surface area contributed by atoms with Gasteiger partial charge in [-0.05, 0) is 31.2 Å². The standard InChI is InChI=1S/C14H10ClF3N2O/c1-2-3-4-7-13(14(16,17)18)10-8-9(15)5-6-11(10)19-12(21)20-13/h2-3,5-6,8H,1H3,(H2,19,20,21)/b3-2+/t13-/m0/s1. The Morgan fingerprint density at radius 3 is 2.71 bits per heavy atom. The van der Waals surface area contributed by atoms with Crippen molar-refractivity contribution in [2.24, 2.45) is 0 Å². The van der Waals surface area contributed by atoms with Gasteiger partial charge in [0.1, 0.15) is 0 Å². The topological polar surface area (TPSA) is 41.1 Å². The fourth-order valence-corrected chi connectivity index (χ4v) is 2.13. The summed E-state index contributed by atoms with van der Waals surface area (Å²) in [5.74, 6) is 4.39. The Balaban J connectivity index is 2.74. The number of fused-ring (bicyclic) bond motifs is 1. The molecule has 0 fully saturated rings. The van der Waals surface area contributed by atoms with Crippen molar-refractivity contribution in [1.82, 2.24) is 5.32 Å². The minimum absolute atomic E-state index is 0.0234. The van der Waals surface area contributed by atoms with Crippen molar-refractivity contribution in [1.29, 1.82) is 0 Å². The van der Waals surface area contributed by atoms with Crippen molar-refractivity contribution < 1.29 is 18.0 Å². The van der Waals surface area contributed by atoms with E-state index in [0.717, 1.165) is 6.07 Å². The second-order valence-electron chi connectivity index (χ2n) is 4.29. The van der Waals surface area contributed by atoms with E-state index in [-0.39, 0.29) is 16.3 Å². The molecule has 0 aliphatic carbocycles. The van der Waals surface area contributed by atoms with Crippen LogP contribution in [0.3, 0.4) is 0 Å². The predicted molar refractivity (Wildman–Crippen MR) is 73.9 cm³/mol. The van der Waals surface area contributed by atoms with Crippen LogP contribution in [0.5, 0.6) is 0 Å². The third-order valence-electron chi connectivity index (χ3n) is 2.87. The highest BCUT2D eigenvalue weighted by Gasteiger charge is 2.59. The Kier molecular flexibility index (Phi) is 3.88. The number of allylic oxidation sites excluding steroid dienone is 2. The molecule has 1 aromatic carbocycles. The molecule has 1 aromatic rings. The van der Waals surface area contributed by atoms with Crippen LogP contribution >= 0.6 is 11.6 Å². The number of alkyl halides is 3. The lowest BCUT2D eigenvalue weighted by Crippen LogP contribution is -2.59. The molecule has 0 saturated heterocycles. The lowest BCUT2D eigenvalue weighted by Gasteiger charge is -2.37. The number of anilines is 1. The number of urea groups is 1. The van der Waals surface area contributed by atoms with Crippen LogP contribution in [0.2, 0.25) is 5.02 Å². The van der Waals surface area contributed by atoms with E-state index in [1.807, 2.05) is 5.32 Å². The highest BCUT2D eigenvalue weighted by atomic mass is 35.5. The van der Waals surface area contributed by atoms with Gasteiger partial charge in [0.2, 0.25) is 5.54 Å². The Hall–Kier alpha value is -2.13. The molecule has 0 bridgehead atoms.